The largest absolute Gasteiger partial charge is 0.462 e. The molecule has 0 bridgehead atoms. The van der Waals surface area contributed by atoms with E-state index in [1.807, 2.05) is 19.1 Å². The normalized spacial score (nSPS) is 14.8. The fourth-order valence-corrected chi connectivity index (χ4v) is 5.24. The molecule has 0 aromatic heterocycles. The number of ether oxygens (including phenoxy) is 1. The smallest absolute Gasteiger partial charge is 0.338 e. The van der Waals surface area contributed by atoms with E-state index in [1.165, 1.54) is 4.90 Å². The topological polar surface area (TPSA) is 90.7 Å². The molecular formula is C30H27N3O4. The summed E-state index contributed by atoms with van der Waals surface area (Å²) in [5, 5.41) is 9.90. The summed E-state index contributed by atoms with van der Waals surface area (Å²) in [6.45, 7) is 3.63. The van der Waals surface area contributed by atoms with Gasteiger partial charge < -0.3 is 9.64 Å². The van der Waals surface area contributed by atoms with Crippen molar-refractivity contribution in [3.05, 3.63) is 100 Å². The molecule has 37 heavy (non-hydrogen) atoms. The average molecular weight is 494 g/mol. The number of hydrogen-bond donors (Lipinski definition) is 0. The van der Waals surface area contributed by atoms with Gasteiger partial charge in [0.15, 0.2) is 0 Å². The van der Waals surface area contributed by atoms with Crippen LogP contribution in [0.2, 0.25) is 0 Å². The molecule has 0 unspecified atom stereocenters. The third-order valence-corrected chi connectivity index (χ3v) is 6.95. The molecule has 7 heteroatoms. The molecule has 0 saturated heterocycles. The number of benzene rings is 3. The molecule has 0 N–H and O–H groups in total. The summed E-state index contributed by atoms with van der Waals surface area (Å²) in [4.78, 5) is 41.3. The van der Waals surface area contributed by atoms with Crippen LogP contribution >= 0.6 is 0 Å². The predicted octanol–water partition coefficient (Wildman–Crippen LogP) is 4.40. The maximum atomic E-state index is 12.9. The molecule has 0 spiro atoms. The molecule has 0 saturated carbocycles. The van der Waals surface area contributed by atoms with Crippen LogP contribution in [-0.2, 0) is 17.6 Å². The van der Waals surface area contributed by atoms with E-state index in [0.717, 1.165) is 29.8 Å². The van der Waals surface area contributed by atoms with Crippen LogP contribution in [0.1, 0.15) is 61.1 Å². The highest BCUT2D eigenvalue weighted by Crippen LogP contribution is 2.34. The molecule has 2 aliphatic rings. The molecular weight excluding hydrogens is 466 g/mol. The second kappa shape index (κ2) is 10.3. The van der Waals surface area contributed by atoms with Gasteiger partial charge in [-0.3, -0.25) is 14.5 Å². The number of nitrogens with zero attached hydrogens (tertiary/aromatic N) is 3. The minimum Gasteiger partial charge on any atom is -0.462 e. The van der Waals surface area contributed by atoms with Gasteiger partial charge in [-0.1, -0.05) is 36.4 Å². The van der Waals surface area contributed by atoms with Gasteiger partial charge >= 0.3 is 5.97 Å². The third kappa shape index (κ3) is 4.70. The van der Waals surface area contributed by atoms with Crippen LogP contribution in [0.15, 0.2) is 66.7 Å². The number of imide groups is 1. The number of anilines is 1. The summed E-state index contributed by atoms with van der Waals surface area (Å²) in [5.74, 6) is -0.875. The van der Waals surface area contributed by atoms with Gasteiger partial charge in [-0.15, -0.1) is 0 Å². The number of fused-ring (bicyclic) bond motifs is 2. The zero-order valence-corrected chi connectivity index (χ0v) is 20.6. The molecule has 7 nitrogen and oxygen atoms in total. The van der Waals surface area contributed by atoms with Crippen LogP contribution in [0.3, 0.4) is 0 Å². The Hall–Kier alpha value is -4.44. The molecule has 2 amide bonds. The van der Waals surface area contributed by atoms with Crippen LogP contribution in [0, 0.1) is 11.3 Å². The van der Waals surface area contributed by atoms with Crippen molar-refractivity contribution in [1.29, 1.82) is 5.26 Å². The second-order valence-electron chi connectivity index (χ2n) is 9.43. The van der Waals surface area contributed by atoms with Gasteiger partial charge in [0.1, 0.15) is 6.07 Å². The highest BCUT2D eigenvalue weighted by atomic mass is 16.5. The summed E-state index contributed by atoms with van der Waals surface area (Å²) in [7, 11) is 0. The maximum absolute atomic E-state index is 12.9. The van der Waals surface area contributed by atoms with E-state index in [2.05, 4.69) is 17.0 Å². The van der Waals surface area contributed by atoms with E-state index in [4.69, 9.17) is 4.74 Å². The van der Waals surface area contributed by atoms with E-state index in [-0.39, 0.29) is 23.8 Å². The van der Waals surface area contributed by atoms with Crippen molar-refractivity contribution in [2.45, 2.75) is 32.2 Å². The highest BCUT2D eigenvalue weighted by Gasteiger charge is 2.38. The lowest BCUT2D eigenvalue weighted by molar-refractivity contribution is 0.0501. The van der Waals surface area contributed by atoms with E-state index in [9.17, 15) is 19.6 Å². The van der Waals surface area contributed by atoms with Crippen molar-refractivity contribution >= 4 is 23.5 Å². The number of carbonyl (C=O) groups is 3. The first kappa shape index (κ1) is 24.3. The quantitative estimate of drug-likeness (QED) is 0.263. The zero-order valence-electron chi connectivity index (χ0n) is 20.6. The lowest BCUT2D eigenvalue weighted by Gasteiger charge is -2.24. The van der Waals surface area contributed by atoms with Gasteiger partial charge in [0.2, 0.25) is 0 Å². The second-order valence-corrected chi connectivity index (χ2v) is 9.43. The highest BCUT2D eigenvalue weighted by molar-refractivity contribution is 6.21. The number of esters is 1. The monoisotopic (exact) mass is 493 g/mol. The van der Waals surface area contributed by atoms with Gasteiger partial charge in [0.05, 0.1) is 34.5 Å². The maximum Gasteiger partial charge on any atom is 0.338 e. The van der Waals surface area contributed by atoms with Gasteiger partial charge in [-0.05, 0) is 67.6 Å². The van der Waals surface area contributed by atoms with Crippen LogP contribution in [0.5, 0.6) is 0 Å². The number of nitriles is 1. The Morgan fingerprint density at radius 3 is 2.38 bits per heavy atom. The summed E-state index contributed by atoms with van der Waals surface area (Å²) in [6, 6.07) is 21.7. The van der Waals surface area contributed by atoms with Crippen LogP contribution in [0.4, 0.5) is 5.69 Å². The number of rotatable bonds is 8. The fraction of sp³-hybridized carbons (Fsp3) is 0.267. The van der Waals surface area contributed by atoms with Gasteiger partial charge in [0.25, 0.3) is 11.8 Å². The molecule has 2 heterocycles. The molecule has 3 aromatic carbocycles. The van der Waals surface area contributed by atoms with Gasteiger partial charge in [0, 0.05) is 19.1 Å². The average Bonchev–Trinajstić information content (AvgIpc) is 3.44. The minimum atomic E-state index is -0.339. The molecule has 0 fully saturated rings. The summed E-state index contributed by atoms with van der Waals surface area (Å²) in [6.07, 6.45) is 1.94. The first-order valence-electron chi connectivity index (χ1n) is 12.5. The Morgan fingerprint density at radius 1 is 1.03 bits per heavy atom. The summed E-state index contributed by atoms with van der Waals surface area (Å²) in [5.41, 5.74) is 4.94. The van der Waals surface area contributed by atoms with Crippen molar-refractivity contribution in [1.82, 2.24) is 4.90 Å². The Morgan fingerprint density at radius 2 is 1.70 bits per heavy atom. The molecule has 1 atom stereocenters. The summed E-state index contributed by atoms with van der Waals surface area (Å²) >= 11 is 0. The van der Waals surface area contributed by atoms with Gasteiger partial charge in [-0.25, -0.2) is 4.79 Å². The number of amides is 2. The summed E-state index contributed by atoms with van der Waals surface area (Å²) < 4.78 is 5.39. The zero-order chi connectivity index (χ0) is 25.9. The van der Waals surface area contributed by atoms with Crippen LogP contribution in [0.25, 0.3) is 0 Å². The van der Waals surface area contributed by atoms with Crippen molar-refractivity contribution in [3.63, 3.8) is 0 Å². The molecule has 5 rings (SSSR count). The lowest BCUT2D eigenvalue weighted by atomic mass is 9.98. The predicted molar refractivity (Wildman–Crippen MR) is 139 cm³/mol. The van der Waals surface area contributed by atoms with E-state index in [0.29, 0.717) is 48.2 Å². The van der Waals surface area contributed by atoms with E-state index < -0.39 is 0 Å². The Balaban J connectivity index is 1.23. The Kier molecular flexibility index (Phi) is 6.74. The van der Waals surface area contributed by atoms with Crippen LogP contribution < -0.4 is 4.90 Å². The fourth-order valence-electron chi connectivity index (χ4n) is 5.24. The number of carbonyl (C=O) groups excluding carboxylic acids is 3. The van der Waals surface area contributed by atoms with Crippen LogP contribution in [-0.4, -0.2) is 48.4 Å². The molecule has 2 aliphatic heterocycles. The lowest BCUT2D eigenvalue weighted by Crippen LogP contribution is -2.39. The SMILES string of the molecule is C[C@H](Cc1cc(C#N)c2c(c1)CCN2CCCOC(=O)c1ccccc1)N1C(=O)c2ccccc2C1=O. The molecule has 3 aromatic rings. The Labute approximate surface area is 215 Å². The standard InChI is InChI=1S/C30H27N3O4/c1-20(33-28(34)25-10-5-6-11-26(25)29(33)35)16-21-17-23-12-14-32(27(23)24(18-21)19-31)13-7-15-37-30(36)22-8-3-2-4-9-22/h2-6,8-11,17-18,20H,7,12-16H2,1H3/t20-/m1/s1. The molecule has 0 radical (unpaired) electrons. The first-order chi connectivity index (χ1) is 18.0. The van der Waals surface area contributed by atoms with Gasteiger partial charge in [-0.2, -0.15) is 5.26 Å². The molecule has 186 valence electrons. The molecule has 0 aliphatic carbocycles. The van der Waals surface area contributed by atoms with Crippen molar-refractivity contribution in [3.8, 4) is 6.07 Å². The van der Waals surface area contributed by atoms with Crippen molar-refractivity contribution < 1.29 is 19.1 Å². The van der Waals surface area contributed by atoms with E-state index >= 15 is 0 Å². The Bertz CT molecular complexity index is 1380. The van der Waals surface area contributed by atoms with E-state index in [1.54, 1.807) is 48.5 Å². The van der Waals surface area contributed by atoms with Crippen molar-refractivity contribution in [2.24, 2.45) is 0 Å². The van der Waals surface area contributed by atoms with Crippen molar-refractivity contribution in [2.75, 3.05) is 24.6 Å². The minimum absolute atomic E-state index is 0.270. The number of hydrogen-bond acceptors (Lipinski definition) is 6. The third-order valence-electron chi connectivity index (χ3n) is 6.95. The first-order valence-corrected chi connectivity index (χ1v) is 12.5.